The fraction of sp³-hybridized carbons (Fsp3) is 0.586. The fourth-order valence-corrected chi connectivity index (χ4v) is 23.1. The Kier molecular flexibility index (Phi) is 31.3. The van der Waals surface area contributed by atoms with Crippen molar-refractivity contribution in [1.82, 2.24) is 99.0 Å². The van der Waals surface area contributed by atoms with Crippen LogP contribution in [0.3, 0.4) is 0 Å². The lowest BCUT2D eigenvalue weighted by Gasteiger charge is -2.25. The van der Waals surface area contributed by atoms with E-state index in [1.807, 2.05) is 23.9 Å². The van der Waals surface area contributed by atoms with Crippen molar-refractivity contribution in [1.29, 1.82) is 0 Å². The molecule has 0 unspecified atom stereocenters. The number of nitrogens with zero attached hydrogens (tertiary/aromatic N) is 20. The number of likely N-dealkylation sites (tertiary alicyclic amines) is 6. The van der Waals surface area contributed by atoms with Crippen LogP contribution in [0.4, 0.5) is 34.9 Å². The maximum Gasteiger partial charge on any atom is 0.130 e. The van der Waals surface area contributed by atoms with E-state index >= 15 is 0 Å². The van der Waals surface area contributed by atoms with Crippen LogP contribution < -0.4 is 34.4 Å². The third-order valence-electron chi connectivity index (χ3n) is 30.3. The van der Waals surface area contributed by atoms with Gasteiger partial charge in [0.2, 0.25) is 0 Å². The Hall–Kier alpha value is -9.81. The molecule has 7 aromatic heterocycles. The Morgan fingerprint density at radius 3 is 1.13 bits per heavy atom. The standard InChI is InChI=1S/C19H28N4O.C17H24N4O.C17H26N4O.C16H24N4O.C15H18N6O.C15H20N4O/c20-19-16-7-6-14(18(16)21-12-22-19)9-23-10-15(17(24)11-23)8-13-4-2-1-3-5-13;18-17-13-6-5-12(16(13)19-10-20-17)7-21-8-14(15(22)9-21)11-3-1-2-4-11;1-3-11(4-2)14-8-21(9-15(14)22)7-12-5-6-13-16(12)19-10-20-17(13)18;1-2-3-4-11-7-20(9-14(11)21)8-12-5-6-13-15(12)18-10-19-16(13)17;16-15-11-3-2-10(14(11)17-9-18-15)6-20-7-12(13(22)8-20)21-5-1-4-19-21;1-9(2)12-6-19(7-13(12)20)5-10-3-4-11-14(10)17-8-18-15(11)16/h6,12-13,15,17,24H,1-5,7-11H2,(H2,20,21,22);5,10-11,14-15,22H,1-4,6-9H2,(H2,18,19,20);5,10-11,14-15,22H,3-4,6-9H2,1-2H3,(H2,18,19,20);5,10-11,14,21H,2-4,6-9H2,1H3,(H2,17,18,19);1-2,4-5,9,12-13,22H,3,6-8H2,(H2,16,17,18);3,8,12-13,20H,1,4-7H2,2H3,(H2,16,17,18)/t15-,17-;2*14-,15+;11-,14-;12-,13-;12-,13+/m011001/s1. The number of aliphatic hydroxyl groups is 6. The molecule has 0 amide bonds. The van der Waals surface area contributed by atoms with Crippen molar-refractivity contribution in [3.05, 3.63) is 173 Å². The summed E-state index contributed by atoms with van der Waals surface area (Å²) in [5, 5.41) is 66.1. The normalized spacial score (nSPS) is 26.3. The maximum atomic E-state index is 10.5. The topological polar surface area (TPSA) is 469 Å². The molecule has 2 saturated carbocycles. The molecule has 13 heterocycles. The molecule has 18 N–H and O–H groups in total. The van der Waals surface area contributed by atoms with Gasteiger partial charge in [-0.1, -0.05) is 153 Å². The van der Waals surface area contributed by atoms with Gasteiger partial charge in [-0.15, -0.1) is 0 Å². The van der Waals surface area contributed by atoms with E-state index in [1.54, 1.807) is 25.2 Å². The van der Waals surface area contributed by atoms with E-state index in [4.69, 9.17) is 34.4 Å². The second kappa shape index (κ2) is 43.5. The van der Waals surface area contributed by atoms with Gasteiger partial charge >= 0.3 is 0 Å². The number of hydrogen-bond acceptors (Lipinski definition) is 31. The van der Waals surface area contributed by atoms with Gasteiger partial charge in [0.05, 0.1) is 76.8 Å². The van der Waals surface area contributed by atoms with Gasteiger partial charge in [0.15, 0.2) is 0 Å². The summed E-state index contributed by atoms with van der Waals surface area (Å²) in [5.41, 5.74) is 56.0. The van der Waals surface area contributed by atoms with Crippen LogP contribution >= 0.6 is 0 Å². The van der Waals surface area contributed by atoms with Gasteiger partial charge in [-0.2, -0.15) is 5.10 Å². The second-order valence-corrected chi connectivity index (χ2v) is 39.0. The van der Waals surface area contributed by atoms with Crippen molar-refractivity contribution in [2.75, 3.05) is 152 Å². The fourth-order valence-electron chi connectivity index (χ4n) is 23.1. The summed E-state index contributed by atoms with van der Waals surface area (Å²) in [5.74, 6) is 7.56. The number of nitrogen functional groups attached to an aromatic ring is 6. The minimum Gasteiger partial charge on any atom is -0.391 e. The summed E-state index contributed by atoms with van der Waals surface area (Å²) in [6, 6.07) is 1.89. The summed E-state index contributed by atoms with van der Waals surface area (Å²) < 4.78 is 1.84. The Labute approximate surface area is 771 Å². The van der Waals surface area contributed by atoms with Gasteiger partial charge in [0.1, 0.15) is 72.9 Å². The highest BCUT2D eigenvalue weighted by Gasteiger charge is 2.43. The molecular weight excluding hydrogens is 1650 g/mol. The minimum absolute atomic E-state index is 0.00643. The molecule has 0 radical (unpaired) electrons. The first-order valence-electron chi connectivity index (χ1n) is 48.3. The van der Waals surface area contributed by atoms with Crippen LogP contribution in [0, 0.1) is 47.3 Å². The number of nitrogens with two attached hydrogens (primary N) is 6. The predicted octanol–water partition coefficient (Wildman–Crippen LogP) is 7.93. The van der Waals surface area contributed by atoms with E-state index in [0.29, 0.717) is 77.6 Å². The molecule has 131 heavy (non-hydrogen) atoms. The van der Waals surface area contributed by atoms with Gasteiger partial charge in [-0.3, -0.25) is 34.1 Å². The average Bonchev–Trinajstić information content (AvgIpc) is 1.63. The molecule has 8 fully saturated rings. The van der Waals surface area contributed by atoms with Gasteiger partial charge in [0, 0.05) is 181 Å². The molecule has 7 aromatic rings. The molecule has 0 aromatic carbocycles. The quantitative estimate of drug-likeness (QED) is 0.0270. The lowest BCUT2D eigenvalue weighted by Crippen LogP contribution is -2.25. The van der Waals surface area contributed by atoms with E-state index in [0.717, 1.165) is 253 Å². The highest BCUT2D eigenvalue weighted by Crippen LogP contribution is 2.42. The molecular formula is C99H140N26O6. The molecule has 6 saturated heterocycles. The second-order valence-electron chi connectivity index (χ2n) is 39.0. The number of anilines is 6. The molecule has 702 valence electrons. The largest absolute Gasteiger partial charge is 0.391 e. The van der Waals surface area contributed by atoms with Crippen LogP contribution in [0.2, 0.25) is 0 Å². The monoisotopic (exact) mass is 1790 g/mol. The first-order chi connectivity index (χ1) is 63.5. The predicted molar refractivity (Wildman–Crippen MR) is 514 cm³/mol. The van der Waals surface area contributed by atoms with Gasteiger partial charge in [-0.05, 0) is 127 Å². The van der Waals surface area contributed by atoms with Crippen molar-refractivity contribution in [3.63, 3.8) is 0 Å². The Morgan fingerprint density at radius 2 is 0.740 bits per heavy atom. The maximum absolute atomic E-state index is 10.5. The SMILES string of the molecule is C=C(C)[C@H]1CN(CC2=CCc3c(N)ncnc32)C[C@@H]1O.CCC(CC)[C@H]1CN(CC2=CCc3c(N)ncnc32)C[C@@H]1O.CCCC[C@H]1CN(CC2=CCc3c(N)ncnc32)C[C@@H]1O.Nc1ncnc2c1CC=C2CN1C[C@H](C2CCCC2)[C@@H](O)C1.Nc1ncnc2c1CC=C2CN1C[C@H](CC2CCCCC2)[C@@H](O)C1.Nc1ncnc2c1CC=C2CN1C[C@H](O)[C@@H](n2cccn2)C1. The van der Waals surface area contributed by atoms with Crippen LogP contribution in [0.5, 0.6) is 0 Å². The third-order valence-corrected chi connectivity index (χ3v) is 30.3. The van der Waals surface area contributed by atoms with E-state index in [9.17, 15) is 30.6 Å². The first kappa shape index (κ1) is 94.4. The Morgan fingerprint density at radius 1 is 0.389 bits per heavy atom. The Bertz CT molecular complexity index is 5190. The zero-order valence-corrected chi connectivity index (χ0v) is 77.2. The van der Waals surface area contributed by atoms with Crippen molar-refractivity contribution >= 4 is 68.3 Å². The highest BCUT2D eigenvalue weighted by molar-refractivity contribution is 5.79. The van der Waals surface area contributed by atoms with E-state index in [-0.39, 0.29) is 42.5 Å². The number of rotatable bonds is 23. The molecule has 0 bridgehead atoms. The zero-order chi connectivity index (χ0) is 91.5. The highest BCUT2D eigenvalue weighted by atomic mass is 16.3. The molecule has 14 aliphatic rings. The summed E-state index contributed by atoms with van der Waals surface area (Å²) in [6.45, 7) is 27.6. The van der Waals surface area contributed by atoms with E-state index in [1.165, 1.54) is 124 Å². The number of aromatic nitrogens is 14. The van der Waals surface area contributed by atoms with Crippen molar-refractivity contribution < 1.29 is 30.6 Å². The molecule has 32 nitrogen and oxygen atoms in total. The van der Waals surface area contributed by atoms with Gasteiger partial charge in [-0.25, -0.2) is 59.8 Å². The van der Waals surface area contributed by atoms with Crippen LogP contribution in [-0.2, 0) is 38.5 Å². The molecule has 12 atom stereocenters. The van der Waals surface area contributed by atoms with Crippen LogP contribution in [0.1, 0.15) is 198 Å². The molecule has 8 aliphatic carbocycles. The molecule has 21 rings (SSSR count). The third kappa shape index (κ3) is 22.3. The number of fused-ring (bicyclic) bond motifs is 6. The van der Waals surface area contributed by atoms with E-state index in [2.05, 4.69) is 158 Å². The molecule has 6 aliphatic heterocycles. The lowest BCUT2D eigenvalue weighted by atomic mass is 9.82. The number of allylic oxidation sites excluding steroid dienone is 6. The summed E-state index contributed by atoms with van der Waals surface area (Å²) in [4.78, 5) is 64.6. The molecule has 0 spiro atoms. The van der Waals surface area contributed by atoms with Crippen molar-refractivity contribution in [2.24, 2.45) is 47.3 Å². The smallest absolute Gasteiger partial charge is 0.130 e. The van der Waals surface area contributed by atoms with Crippen LogP contribution in [-0.4, -0.2) is 284 Å². The van der Waals surface area contributed by atoms with Crippen molar-refractivity contribution in [3.8, 4) is 0 Å². The van der Waals surface area contributed by atoms with Gasteiger partial charge < -0.3 is 65.0 Å². The first-order valence-corrected chi connectivity index (χ1v) is 48.3. The zero-order valence-electron chi connectivity index (χ0n) is 77.2. The van der Waals surface area contributed by atoms with Crippen LogP contribution in [0.25, 0.3) is 33.4 Å². The number of hydrogen-bond donors (Lipinski definition) is 12. The van der Waals surface area contributed by atoms with Crippen molar-refractivity contribution in [2.45, 2.75) is 205 Å². The van der Waals surface area contributed by atoms with E-state index < -0.39 is 6.10 Å². The summed E-state index contributed by atoms with van der Waals surface area (Å²) >= 11 is 0. The number of aliphatic hydroxyl groups excluding tert-OH is 6. The number of β-amino-alcohol motifs (C(OH)–C–C–N with tert-alkyl or cyclic N) is 6. The van der Waals surface area contributed by atoms with Gasteiger partial charge in [0.25, 0.3) is 0 Å². The minimum atomic E-state index is -0.406. The summed E-state index contributed by atoms with van der Waals surface area (Å²) in [7, 11) is 0. The Balaban J connectivity index is 0.000000115. The summed E-state index contributed by atoms with van der Waals surface area (Å²) in [6.07, 6.45) is 48.6. The molecule has 32 heteroatoms. The lowest BCUT2D eigenvalue weighted by molar-refractivity contribution is 0.108. The van der Waals surface area contributed by atoms with Crippen LogP contribution in [0.15, 0.2) is 105 Å². The number of unbranched alkanes of at least 4 members (excludes halogenated alkanes) is 1. The average molecular weight is 1790 g/mol.